The summed E-state index contributed by atoms with van der Waals surface area (Å²) in [6, 6.07) is 0.647. The normalized spacial score (nSPS) is 27.5. The third kappa shape index (κ3) is 3.65. The van der Waals surface area contributed by atoms with Gasteiger partial charge in [-0.2, -0.15) is 0 Å². The fourth-order valence-electron chi connectivity index (χ4n) is 2.30. The summed E-state index contributed by atoms with van der Waals surface area (Å²) in [4.78, 5) is 2.55. The summed E-state index contributed by atoms with van der Waals surface area (Å²) in [7, 11) is 0. The van der Waals surface area contributed by atoms with E-state index in [4.69, 9.17) is 0 Å². The number of hydrogen-bond acceptors (Lipinski definition) is 2. The number of hydrogen-bond donors (Lipinski definition) is 1. The lowest BCUT2D eigenvalue weighted by atomic mass is 9.97. The van der Waals surface area contributed by atoms with Crippen molar-refractivity contribution in [1.82, 2.24) is 4.90 Å². The minimum Gasteiger partial charge on any atom is -0.393 e. The predicted molar refractivity (Wildman–Crippen MR) is 55.8 cm³/mol. The average Bonchev–Trinajstić information content (AvgIpc) is 2.08. The van der Waals surface area contributed by atoms with Gasteiger partial charge in [-0.1, -0.05) is 13.3 Å². The molecule has 0 spiro atoms. The number of aliphatic hydroxyl groups excluding tert-OH is 1. The summed E-state index contributed by atoms with van der Waals surface area (Å²) in [6.45, 7) is 6.58. The van der Waals surface area contributed by atoms with Crippen molar-refractivity contribution in [3.63, 3.8) is 0 Å². The van der Waals surface area contributed by atoms with Crippen molar-refractivity contribution in [2.24, 2.45) is 0 Å². The van der Waals surface area contributed by atoms with Gasteiger partial charge in [0.15, 0.2) is 0 Å². The first-order valence-electron chi connectivity index (χ1n) is 5.66. The molecule has 13 heavy (non-hydrogen) atoms. The lowest BCUT2D eigenvalue weighted by molar-refractivity contribution is 0.0870. The third-order valence-corrected chi connectivity index (χ3v) is 2.87. The summed E-state index contributed by atoms with van der Waals surface area (Å²) in [5.74, 6) is 0. The summed E-state index contributed by atoms with van der Waals surface area (Å²) >= 11 is 0. The number of likely N-dealkylation sites (tertiary alicyclic amines) is 1. The van der Waals surface area contributed by atoms with Gasteiger partial charge in [0.2, 0.25) is 0 Å². The molecule has 1 saturated heterocycles. The first kappa shape index (κ1) is 11.0. The van der Waals surface area contributed by atoms with Gasteiger partial charge in [0.1, 0.15) is 0 Å². The Morgan fingerprint density at radius 1 is 1.46 bits per heavy atom. The maximum absolute atomic E-state index is 9.36. The van der Waals surface area contributed by atoms with Crippen LogP contribution >= 0.6 is 0 Å². The second-order valence-electron chi connectivity index (χ2n) is 4.27. The quantitative estimate of drug-likeness (QED) is 0.724. The summed E-state index contributed by atoms with van der Waals surface area (Å²) < 4.78 is 0. The molecule has 1 aliphatic heterocycles. The number of aliphatic hydroxyl groups is 1. The molecule has 1 rings (SSSR count). The van der Waals surface area contributed by atoms with Crippen molar-refractivity contribution < 1.29 is 5.11 Å². The highest BCUT2D eigenvalue weighted by molar-refractivity contribution is 4.77. The zero-order valence-electron chi connectivity index (χ0n) is 9.00. The molecule has 0 aromatic heterocycles. The van der Waals surface area contributed by atoms with Crippen LogP contribution in [0, 0.1) is 0 Å². The molecule has 1 fully saturated rings. The molecular weight excluding hydrogens is 162 g/mol. The fourth-order valence-corrected chi connectivity index (χ4v) is 2.30. The van der Waals surface area contributed by atoms with Gasteiger partial charge in [0.05, 0.1) is 6.10 Å². The van der Waals surface area contributed by atoms with E-state index in [1.807, 2.05) is 6.92 Å². The smallest absolute Gasteiger partial charge is 0.0527 e. The van der Waals surface area contributed by atoms with Crippen molar-refractivity contribution >= 4 is 0 Å². The molecule has 0 aliphatic carbocycles. The molecule has 0 bridgehead atoms. The Morgan fingerprint density at radius 2 is 2.23 bits per heavy atom. The molecule has 1 aliphatic rings. The van der Waals surface area contributed by atoms with Crippen LogP contribution in [0.1, 0.15) is 46.0 Å². The van der Waals surface area contributed by atoms with E-state index in [0.717, 1.165) is 6.42 Å². The van der Waals surface area contributed by atoms with E-state index in [1.54, 1.807) is 0 Å². The Kier molecular flexibility index (Phi) is 4.74. The Balaban J connectivity index is 2.36. The molecule has 78 valence electrons. The highest BCUT2D eigenvalue weighted by Crippen LogP contribution is 2.20. The van der Waals surface area contributed by atoms with Gasteiger partial charge < -0.3 is 10.0 Å². The molecule has 0 saturated carbocycles. The zero-order chi connectivity index (χ0) is 9.68. The van der Waals surface area contributed by atoms with Gasteiger partial charge in [0, 0.05) is 6.04 Å². The molecule has 0 aromatic rings. The van der Waals surface area contributed by atoms with E-state index < -0.39 is 0 Å². The van der Waals surface area contributed by atoms with E-state index in [0.29, 0.717) is 6.04 Å². The molecule has 2 nitrogen and oxygen atoms in total. The Labute approximate surface area is 81.9 Å². The minimum atomic E-state index is -0.137. The minimum absolute atomic E-state index is 0.137. The number of piperidine rings is 1. The van der Waals surface area contributed by atoms with Crippen LogP contribution in [0.4, 0.5) is 0 Å². The van der Waals surface area contributed by atoms with Crippen LogP contribution in [0.25, 0.3) is 0 Å². The predicted octanol–water partition coefficient (Wildman–Crippen LogP) is 2.02. The molecular formula is C11H23NO. The van der Waals surface area contributed by atoms with Crippen LogP contribution in [0.2, 0.25) is 0 Å². The van der Waals surface area contributed by atoms with Gasteiger partial charge in [-0.25, -0.2) is 0 Å². The Bertz CT molecular complexity index is 134. The fraction of sp³-hybridized carbons (Fsp3) is 1.00. The lowest BCUT2D eigenvalue weighted by Crippen LogP contribution is -2.41. The second-order valence-corrected chi connectivity index (χ2v) is 4.27. The Morgan fingerprint density at radius 3 is 2.85 bits per heavy atom. The maximum atomic E-state index is 9.36. The van der Waals surface area contributed by atoms with E-state index in [2.05, 4.69) is 11.8 Å². The molecule has 2 atom stereocenters. The molecule has 1 heterocycles. The lowest BCUT2D eigenvalue weighted by Gasteiger charge is -2.36. The molecule has 0 radical (unpaired) electrons. The van der Waals surface area contributed by atoms with Gasteiger partial charge in [-0.3, -0.25) is 0 Å². The Hall–Kier alpha value is -0.0800. The molecule has 1 N–H and O–H groups in total. The van der Waals surface area contributed by atoms with Crippen LogP contribution in [-0.4, -0.2) is 35.2 Å². The highest BCUT2D eigenvalue weighted by atomic mass is 16.3. The first-order valence-corrected chi connectivity index (χ1v) is 5.66. The van der Waals surface area contributed by atoms with E-state index in [9.17, 15) is 5.11 Å². The van der Waals surface area contributed by atoms with Crippen molar-refractivity contribution in [3.05, 3.63) is 0 Å². The summed E-state index contributed by atoms with van der Waals surface area (Å²) in [6.07, 6.45) is 6.03. The van der Waals surface area contributed by atoms with Gasteiger partial charge in [-0.15, -0.1) is 0 Å². The first-order chi connectivity index (χ1) is 6.24. The maximum Gasteiger partial charge on any atom is 0.0527 e. The van der Waals surface area contributed by atoms with Gasteiger partial charge in [-0.05, 0) is 45.7 Å². The molecule has 2 unspecified atom stereocenters. The van der Waals surface area contributed by atoms with Crippen LogP contribution in [-0.2, 0) is 0 Å². The van der Waals surface area contributed by atoms with Crippen LogP contribution in [0.5, 0.6) is 0 Å². The highest BCUT2D eigenvalue weighted by Gasteiger charge is 2.22. The second kappa shape index (κ2) is 5.61. The van der Waals surface area contributed by atoms with E-state index >= 15 is 0 Å². The van der Waals surface area contributed by atoms with Crippen molar-refractivity contribution in [1.29, 1.82) is 0 Å². The van der Waals surface area contributed by atoms with Crippen molar-refractivity contribution in [2.75, 3.05) is 13.1 Å². The van der Waals surface area contributed by atoms with Crippen LogP contribution < -0.4 is 0 Å². The standard InChI is InChI=1S/C11H23NO/c1-3-7-12-8-5-4-6-11(12)9-10(2)13/h10-11,13H,3-9H2,1-2H3. The van der Waals surface area contributed by atoms with E-state index in [1.165, 1.54) is 38.8 Å². The van der Waals surface area contributed by atoms with Crippen molar-refractivity contribution in [2.45, 2.75) is 58.1 Å². The molecule has 2 heteroatoms. The summed E-state index contributed by atoms with van der Waals surface area (Å²) in [5, 5.41) is 9.36. The topological polar surface area (TPSA) is 23.5 Å². The SMILES string of the molecule is CCCN1CCCCC1CC(C)O. The largest absolute Gasteiger partial charge is 0.393 e. The zero-order valence-corrected chi connectivity index (χ0v) is 9.00. The monoisotopic (exact) mass is 185 g/mol. The van der Waals surface area contributed by atoms with Crippen LogP contribution in [0.3, 0.4) is 0 Å². The summed E-state index contributed by atoms with van der Waals surface area (Å²) in [5.41, 5.74) is 0. The van der Waals surface area contributed by atoms with Gasteiger partial charge in [0.25, 0.3) is 0 Å². The van der Waals surface area contributed by atoms with Gasteiger partial charge >= 0.3 is 0 Å². The third-order valence-electron chi connectivity index (χ3n) is 2.87. The van der Waals surface area contributed by atoms with E-state index in [-0.39, 0.29) is 6.10 Å². The molecule has 0 amide bonds. The van der Waals surface area contributed by atoms with Crippen molar-refractivity contribution in [3.8, 4) is 0 Å². The number of rotatable bonds is 4. The average molecular weight is 185 g/mol. The number of nitrogens with zero attached hydrogens (tertiary/aromatic N) is 1. The van der Waals surface area contributed by atoms with Crippen LogP contribution in [0.15, 0.2) is 0 Å². The molecule has 0 aromatic carbocycles.